The van der Waals surface area contributed by atoms with E-state index in [2.05, 4.69) is 15.6 Å². The van der Waals surface area contributed by atoms with Crippen LogP contribution in [0.3, 0.4) is 0 Å². The number of nitrogens with one attached hydrogen (secondary N) is 2. The lowest BCUT2D eigenvalue weighted by atomic mass is 9.99. The molecule has 7 nitrogen and oxygen atoms in total. The summed E-state index contributed by atoms with van der Waals surface area (Å²) in [5.41, 5.74) is 1.07. The van der Waals surface area contributed by atoms with Crippen LogP contribution < -0.4 is 10.6 Å². The van der Waals surface area contributed by atoms with Crippen molar-refractivity contribution in [2.45, 2.75) is 19.9 Å². The number of rotatable bonds is 6. The van der Waals surface area contributed by atoms with Gasteiger partial charge in [-0.1, -0.05) is 37.3 Å². The molecule has 0 saturated carbocycles. The van der Waals surface area contributed by atoms with Crippen LogP contribution in [0, 0.1) is 11.8 Å². The van der Waals surface area contributed by atoms with E-state index >= 15 is 0 Å². The second-order valence-electron chi connectivity index (χ2n) is 6.50. The van der Waals surface area contributed by atoms with E-state index in [0.29, 0.717) is 32.0 Å². The summed E-state index contributed by atoms with van der Waals surface area (Å²) < 4.78 is 4.86. The molecule has 27 heavy (non-hydrogen) atoms. The molecule has 1 heterocycles. The summed E-state index contributed by atoms with van der Waals surface area (Å²) in [7, 11) is 3.12. The Morgan fingerprint density at radius 1 is 1.22 bits per heavy atom. The third-order valence-electron chi connectivity index (χ3n) is 4.60. The first-order valence-electron chi connectivity index (χ1n) is 8.89. The molecule has 0 spiro atoms. The van der Waals surface area contributed by atoms with Gasteiger partial charge in [-0.05, 0) is 11.5 Å². The Labute approximate surface area is 178 Å². The second kappa shape index (κ2) is 11.8. The van der Waals surface area contributed by atoms with Gasteiger partial charge in [0.25, 0.3) is 0 Å². The van der Waals surface area contributed by atoms with Crippen LogP contribution in [0.2, 0.25) is 0 Å². The van der Waals surface area contributed by atoms with Gasteiger partial charge in [-0.15, -0.1) is 24.0 Å². The molecule has 8 heteroatoms. The summed E-state index contributed by atoms with van der Waals surface area (Å²) in [4.78, 5) is 30.1. The molecule has 1 fully saturated rings. The van der Waals surface area contributed by atoms with Crippen molar-refractivity contribution in [2.24, 2.45) is 16.8 Å². The number of halogens is 1. The van der Waals surface area contributed by atoms with Gasteiger partial charge in [0.05, 0.1) is 13.0 Å². The summed E-state index contributed by atoms with van der Waals surface area (Å²) in [5, 5.41) is 6.10. The Bertz CT molecular complexity index is 639. The lowest BCUT2D eigenvalue weighted by molar-refractivity contribution is -0.146. The van der Waals surface area contributed by atoms with Crippen molar-refractivity contribution in [2.75, 3.05) is 33.8 Å². The number of benzene rings is 1. The third kappa shape index (κ3) is 7.00. The van der Waals surface area contributed by atoms with E-state index in [4.69, 9.17) is 4.74 Å². The molecular formula is C19H29IN4O3. The average Bonchev–Trinajstić information content (AvgIpc) is 3.05. The van der Waals surface area contributed by atoms with Crippen LogP contribution in [0.15, 0.2) is 35.3 Å². The number of hydrogen-bond acceptors (Lipinski definition) is 4. The highest BCUT2D eigenvalue weighted by atomic mass is 127. The summed E-state index contributed by atoms with van der Waals surface area (Å²) in [6.45, 7) is 4.36. The van der Waals surface area contributed by atoms with E-state index in [1.54, 1.807) is 7.05 Å². The number of hydrogen-bond donors (Lipinski definition) is 2. The Balaban J connectivity index is 0.00000364. The summed E-state index contributed by atoms with van der Waals surface area (Å²) >= 11 is 0. The van der Waals surface area contributed by atoms with Gasteiger partial charge in [0.1, 0.15) is 0 Å². The molecule has 1 aromatic carbocycles. The van der Waals surface area contributed by atoms with Crippen molar-refractivity contribution in [3.63, 3.8) is 0 Å². The van der Waals surface area contributed by atoms with Crippen LogP contribution in [0.4, 0.5) is 0 Å². The first-order chi connectivity index (χ1) is 12.5. The number of nitrogens with zero attached hydrogens (tertiary/aromatic N) is 2. The standard InChI is InChI=1S/C19H28N4O3.HI/c1-14-12-23(13-16(14)18(25)26-3)19(20-2)21-10-9-17(24)22-11-15-7-5-4-6-8-15;/h4-8,14,16H,9-13H2,1-3H3,(H,20,21)(H,22,24);1H. The van der Waals surface area contributed by atoms with Crippen LogP contribution in [0.1, 0.15) is 18.9 Å². The maximum Gasteiger partial charge on any atom is 0.310 e. The highest BCUT2D eigenvalue weighted by Gasteiger charge is 2.36. The fraction of sp³-hybridized carbons (Fsp3) is 0.526. The number of ether oxygens (including phenoxy) is 1. The third-order valence-corrected chi connectivity index (χ3v) is 4.60. The largest absolute Gasteiger partial charge is 0.469 e. The minimum atomic E-state index is -0.184. The van der Waals surface area contributed by atoms with Gasteiger partial charge >= 0.3 is 5.97 Å². The molecule has 2 atom stereocenters. The number of carbonyl (C=O) groups excluding carboxylic acids is 2. The van der Waals surface area contributed by atoms with Crippen molar-refractivity contribution in [3.8, 4) is 0 Å². The van der Waals surface area contributed by atoms with Crippen LogP contribution in [0.5, 0.6) is 0 Å². The molecule has 1 aliphatic heterocycles. The Morgan fingerprint density at radius 3 is 2.56 bits per heavy atom. The van der Waals surface area contributed by atoms with Gasteiger partial charge in [0.15, 0.2) is 5.96 Å². The number of esters is 1. The molecule has 1 aliphatic rings. The van der Waals surface area contributed by atoms with Crippen molar-refractivity contribution in [3.05, 3.63) is 35.9 Å². The summed E-state index contributed by atoms with van der Waals surface area (Å²) in [5.74, 6) is 0.566. The first kappa shape index (κ1) is 23.2. The SMILES string of the molecule is CN=C(NCCC(=O)NCc1ccccc1)N1CC(C)C(C(=O)OC)C1.I. The van der Waals surface area contributed by atoms with E-state index in [1.807, 2.05) is 42.2 Å². The highest BCUT2D eigenvalue weighted by Crippen LogP contribution is 2.23. The normalized spacial score (nSPS) is 19.2. The zero-order chi connectivity index (χ0) is 18.9. The maximum absolute atomic E-state index is 12.0. The number of likely N-dealkylation sites (tertiary alicyclic amines) is 1. The minimum Gasteiger partial charge on any atom is -0.469 e. The van der Waals surface area contributed by atoms with Gasteiger partial charge in [-0.2, -0.15) is 0 Å². The molecule has 0 radical (unpaired) electrons. The zero-order valence-electron chi connectivity index (χ0n) is 16.1. The van der Waals surface area contributed by atoms with Crippen molar-refractivity contribution in [1.82, 2.24) is 15.5 Å². The zero-order valence-corrected chi connectivity index (χ0v) is 18.4. The lowest BCUT2D eigenvalue weighted by Crippen LogP contribution is -2.42. The molecule has 2 rings (SSSR count). The predicted molar refractivity (Wildman–Crippen MR) is 116 cm³/mol. The fourth-order valence-electron chi connectivity index (χ4n) is 3.10. The monoisotopic (exact) mass is 488 g/mol. The van der Waals surface area contributed by atoms with E-state index in [9.17, 15) is 9.59 Å². The van der Waals surface area contributed by atoms with Gasteiger partial charge in [0.2, 0.25) is 5.91 Å². The number of aliphatic imine (C=N–C) groups is 1. The van der Waals surface area contributed by atoms with Crippen LogP contribution in [0.25, 0.3) is 0 Å². The van der Waals surface area contributed by atoms with E-state index in [1.165, 1.54) is 7.11 Å². The quantitative estimate of drug-likeness (QED) is 0.275. The fourth-order valence-corrected chi connectivity index (χ4v) is 3.10. The molecule has 1 amide bonds. The predicted octanol–water partition coefficient (Wildman–Crippen LogP) is 1.63. The number of amides is 1. The number of carbonyl (C=O) groups is 2. The van der Waals surface area contributed by atoms with Gasteiger partial charge in [0, 0.05) is 39.6 Å². The van der Waals surface area contributed by atoms with Crippen LogP contribution in [-0.4, -0.2) is 56.5 Å². The maximum atomic E-state index is 12.0. The summed E-state index contributed by atoms with van der Waals surface area (Å²) in [6.07, 6.45) is 0.357. The van der Waals surface area contributed by atoms with E-state index < -0.39 is 0 Å². The Kier molecular flexibility index (Phi) is 10.1. The second-order valence-corrected chi connectivity index (χ2v) is 6.50. The Hall–Kier alpha value is -1.84. The first-order valence-corrected chi connectivity index (χ1v) is 8.89. The summed E-state index contributed by atoms with van der Waals surface area (Å²) in [6, 6.07) is 9.81. The molecule has 0 aliphatic carbocycles. The molecule has 0 aromatic heterocycles. The molecule has 2 unspecified atom stereocenters. The van der Waals surface area contributed by atoms with Crippen LogP contribution in [-0.2, 0) is 20.9 Å². The topological polar surface area (TPSA) is 83.0 Å². The van der Waals surface area contributed by atoms with E-state index in [-0.39, 0.29) is 47.7 Å². The molecule has 1 aromatic rings. The molecule has 1 saturated heterocycles. The van der Waals surface area contributed by atoms with Crippen molar-refractivity contribution >= 4 is 41.8 Å². The van der Waals surface area contributed by atoms with Gasteiger partial charge in [-0.25, -0.2) is 0 Å². The average molecular weight is 488 g/mol. The van der Waals surface area contributed by atoms with E-state index in [0.717, 1.165) is 12.1 Å². The van der Waals surface area contributed by atoms with Crippen LogP contribution >= 0.6 is 24.0 Å². The number of methoxy groups -OCH3 is 1. The van der Waals surface area contributed by atoms with Gasteiger partial charge < -0.3 is 20.3 Å². The number of guanidine groups is 1. The lowest BCUT2D eigenvalue weighted by Gasteiger charge is -2.21. The molecule has 0 bridgehead atoms. The Morgan fingerprint density at radius 2 is 1.93 bits per heavy atom. The highest BCUT2D eigenvalue weighted by molar-refractivity contribution is 14.0. The molecule has 2 N–H and O–H groups in total. The van der Waals surface area contributed by atoms with Crippen molar-refractivity contribution in [1.29, 1.82) is 0 Å². The van der Waals surface area contributed by atoms with Crippen molar-refractivity contribution < 1.29 is 14.3 Å². The molecular weight excluding hydrogens is 459 g/mol. The minimum absolute atomic E-state index is 0. The van der Waals surface area contributed by atoms with Gasteiger partial charge in [-0.3, -0.25) is 14.6 Å². The smallest absolute Gasteiger partial charge is 0.310 e. The molecule has 150 valence electrons.